The molecule has 1 aromatic carbocycles. The van der Waals surface area contributed by atoms with E-state index >= 15 is 0 Å². The van der Waals surface area contributed by atoms with E-state index in [2.05, 4.69) is 15.2 Å². The third-order valence-electron chi connectivity index (χ3n) is 6.12. The molecule has 9 nitrogen and oxygen atoms in total. The molecule has 1 fully saturated rings. The number of carbonyl (C=O) groups excluding carboxylic acids is 1. The number of nitrogens with one attached hydrogen (secondary N) is 1. The van der Waals surface area contributed by atoms with Gasteiger partial charge in [0.25, 0.3) is 11.1 Å². The van der Waals surface area contributed by atoms with Gasteiger partial charge in [-0.2, -0.15) is 5.10 Å². The van der Waals surface area contributed by atoms with Gasteiger partial charge in [0.1, 0.15) is 0 Å². The van der Waals surface area contributed by atoms with Crippen LogP contribution in [-0.2, 0) is 17.8 Å². The molecule has 0 saturated carbocycles. The number of fused-ring (bicyclic) bond motifs is 2. The summed E-state index contributed by atoms with van der Waals surface area (Å²) < 4.78 is 2.78. The number of likely N-dealkylation sites (tertiary alicyclic amines) is 1. The van der Waals surface area contributed by atoms with Crippen LogP contribution in [0, 0.1) is 0 Å². The zero-order valence-corrected chi connectivity index (χ0v) is 17.8. The normalized spacial score (nSPS) is 16.3. The molecule has 3 aromatic heterocycles. The average Bonchev–Trinajstić information content (AvgIpc) is 3.46. The van der Waals surface area contributed by atoms with Gasteiger partial charge in [-0.3, -0.25) is 19.5 Å². The number of aryl methyl sites for hydroxylation is 2. The van der Waals surface area contributed by atoms with Crippen LogP contribution < -0.4 is 11.1 Å². The van der Waals surface area contributed by atoms with E-state index in [0.717, 1.165) is 29.6 Å². The van der Waals surface area contributed by atoms with Crippen molar-refractivity contribution in [1.29, 1.82) is 0 Å². The Balaban J connectivity index is 1.36. The molecule has 1 N–H and O–H groups in total. The predicted octanol–water partition coefficient (Wildman–Crippen LogP) is 2.05. The van der Waals surface area contributed by atoms with E-state index in [1.54, 1.807) is 12.3 Å². The van der Waals surface area contributed by atoms with Crippen LogP contribution in [0.2, 0.25) is 0 Å². The van der Waals surface area contributed by atoms with Crippen LogP contribution in [0.5, 0.6) is 0 Å². The Hall–Kier alpha value is -3.75. The van der Waals surface area contributed by atoms with Crippen molar-refractivity contribution >= 4 is 22.3 Å². The Bertz CT molecular complexity index is 1430. The van der Waals surface area contributed by atoms with E-state index in [9.17, 15) is 14.4 Å². The van der Waals surface area contributed by atoms with Crippen molar-refractivity contribution in [3.63, 3.8) is 0 Å². The number of hydrogen-bond acceptors (Lipinski definition) is 5. The molecule has 0 spiro atoms. The fraction of sp³-hybridized carbons (Fsp3) is 0.348. The monoisotopic (exact) mass is 432 g/mol. The summed E-state index contributed by atoms with van der Waals surface area (Å²) in [6, 6.07) is 10.5. The maximum absolute atomic E-state index is 13.0. The third kappa shape index (κ3) is 3.49. The first-order valence-corrected chi connectivity index (χ1v) is 10.9. The maximum Gasteiger partial charge on any atom is 0.274 e. The molecule has 164 valence electrons. The topological polar surface area (TPSA) is 105 Å². The number of amides is 1. The van der Waals surface area contributed by atoms with Crippen LogP contribution in [0.25, 0.3) is 16.4 Å². The van der Waals surface area contributed by atoms with Crippen molar-refractivity contribution in [2.45, 2.75) is 45.2 Å². The molecule has 9 heteroatoms. The van der Waals surface area contributed by atoms with E-state index in [-0.39, 0.29) is 36.0 Å². The highest BCUT2D eigenvalue weighted by Crippen LogP contribution is 2.31. The van der Waals surface area contributed by atoms with Gasteiger partial charge in [-0.05, 0) is 25.3 Å². The van der Waals surface area contributed by atoms with Gasteiger partial charge in [-0.15, -0.1) is 0 Å². The van der Waals surface area contributed by atoms with Gasteiger partial charge in [-0.1, -0.05) is 25.1 Å². The Morgan fingerprint density at radius 2 is 2.06 bits per heavy atom. The first-order chi connectivity index (χ1) is 15.5. The molecule has 4 heterocycles. The standard InChI is InChI=1S/C23H24N6O3/c1-2-16-12-22(31)29-20(25-16)13-18(26-29)19-8-5-10-27(19)21(30)9-11-28-23(32)17-7-4-3-6-15(17)14-24-28/h3-4,6-7,12-14,19,26H,2,5,8-11H2,1H3. The molecule has 0 radical (unpaired) electrons. The van der Waals surface area contributed by atoms with E-state index in [1.807, 2.05) is 36.1 Å². The molecule has 32 heavy (non-hydrogen) atoms. The largest absolute Gasteiger partial charge is 0.334 e. The number of carbonyl (C=O) groups is 1. The summed E-state index contributed by atoms with van der Waals surface area (Å²) in [6.45, 7) is 2.82. The first kappa shape index (κ1) is 20.2. The zero-order chi connectivity index (χ0) is 22.2. The molecular weight excluding hydrogens is 408 g/mol. The number of nitrogens with zero attached hydrogens (tertiary/aromatic N) is 5. The van der Waals surface area contributed by atoms with Crippen LogP contribution in [-0.4, -0.2) is 41.7 Å². The highest BCUT2D eigenvalue weighted by Gasteiger charge is 2.31. The summed E-state index contributed by atoms with van der Waals surface area (Å²) in [7, 11) is 0. The minimum Gasteiger partial charge on any atom is -0.334 e. The van der Waals surface area contributed by atoms with Crippen molar-refractivity contribution in [1.82, 2.24) is 29.3 Å². The summed E-state index contributed by atoms with van der Waals surface area (Å²) in [6.07, 6.45) is 4.20. The van der Waals surface area contributed by atoms with Gasteiger partial charge in [0.05, 0.1) is 29.9 Å². The van der Waals surface area contributed by atoms with Crippen molar-refractivity contribution < 1.29 is 4.79 Å². The van der Waals surface area contributed by atoms with Crippen LogP contribution in [0.4, 0.5) is 0 Å². The molecule has 1 saturated heterocycles. The fourth-order valence-electron chi connectivity index (χ4n) is 4.43. The number of aromatic amines is 1. The summed E-state index contributed by atoms with van der Waals surface area (Å²) in [4.78, 5) is 44.4. The van der Waals surface area contributed by atoms with Crippen LogP contribution in [0.3, 0.4) is 0 Å². The molecule has 1 aliphatic rings. The minimum absolute atomic E-state index is 0.0393. The molecule has 1 aliphatic heterocycles. The lowest BCUT2D eigenvalue weighted by Gasteiger charge is -2.23. The van der Waals surface area contributed by atoms with Gasteiger partial charge in [0.15, 0.2) is 5.65 Å². The number of rotatable bonds is 5. The minimum atomic E-state index is -0.193. The molecule has 0 aliphatic carbocycles. The average molecular weight is 432 g/mol. The van der Waals surface area contributed by atoms with Crippen molar-refractivity contribution in [2.75, 3.05) is 6.54 Å². The van der Waals surface area contributed by atoms with E-state index in [4.69, 9.17) is 0 Å². The Kier molecular flexibility index (Phi) is 5.08. The van der Waals surface area contributed by atoms with Gasteiger partial charge in [0, 0.05) is 36.2 Å². The summed E-state index contributed by atoms with van der Waals surface area (Å²) in [5.41, 5.74) is 1.76. The molecule has 5 rings (SSSR count). The number of benzene rings is 1. The number of hydrogen-bond donors (Lipinski definition) is 1. The molecular formula is C23H24N6O3. The zero-order valence-electron chi connectivity index (χ0n) is 17.8. The van der Waals surface area contributed by atoms with E-state index in [1.165, 1.54) is 15.3 Å². The van der Waals surface area contributed by atoms with Crippen molar-refractivity contribution in [2.24, 2.45) is 0 Å². The maximum atomic E-state index is 13.0. The van der Waals surface area contributed by atoms with Crippen molar-refractivity contribution in [3.8, 4) is 0 Å². The predicted molar refractivity (Wildman–Crippen MR) is 119 cm³/mol. The fourth-order valence-corrected chi connectivity index (χ4v) is 4.43. The lowest BCUT2D eigenvalue weighted by Crippen LogP contribution is -2.33. The third-order valence-corrected chi connectivity index (χ3v) is 6.12. The Morgan fingerprint density at radius 1 is 1.22 bits per heavy atom. The molecule has 0 bridgehead atoms. The van der Waals surface area contributed by atoms with Gasteiger partial charge in [0.2, 0.25) is 5.91 Å². The second kappa shape index (κ2) is 8.07. The highest BCUT2D eigenvalue weighted by molar-refractivity contribution is 5.80. The second-order valence-corrected chi connectivity index (χ2v) is 8.10. The molecule has 4 aromatic rings. The first-order valence-electron chi connectivity index (χ1n) is 10.9. The van der Waals surface area contributed by atoms with Crippen LogP contribution in [0.15, 0.2) is 52.2 Å². The lowest BCUT2D eigenvalue weighted by molar-refractivity contribution is -0.132. The lowest BCUT2D eigenvalue weighted by atomic mass is 10.1. The van der Waals surface area contributed by atoms with Crippen LogP contribution >= 0.6 is 0 Å². The highest BCUT2D eigenvalue weighted by atomic mass is 16.2. The Morgan fingerprint density at radius 3 is 2.91 bits per heavy atom. The second-order valence-electron chi connectivity index (χ2n) is 8.10. The number of aromatic nitrogens is 5. The smallest absolute Gasteiger partial charge is 0.274 e. The van der Waals surface area contributed by atoms with Crippen LogP contribution in [0.1, 0.15) is 43.6 Å². The van der Waals surface area contributed by atoms with E-state index < -0.39 is 0 Å². The van der Waals surface area contributed by atoms with E-state index in [0.29, 0.717) is 24.0 Å². The van der Waals surface area contributed by atoms with Crippen molar-refractivity contribution in [3.05, 3.63) is 74.7 Å². The summed E-state index contributed by atoms with van der Waals surface area (Å²) >= 11 is 0. The van der Waals surface area contributed by atoms with Gasteiger partial charge >= 0.3 is 0 Å². The number of H-pyrrole nitrogens is 1. The molecule has 1 unspecified atom stereocenters. The van der Waals surface area contributed by atoms with Gasteiger partial charge in [-0.25, -0.2) is 14.2 Å². The molecule has 1 atom stereocenters. The molecule has 1 amide bonds. The Labute approximate surface area is 183 Å². The SMILES string of the molecule is CCc1cc(=O)n2[nH]c(C3CCCN3C(=O)CCn3ncc4ccccc4c3=O)cc2n1. The quantitative estimate of drug-likeness (QED) is 0.520. The van der Waals surface area contributed by atoms with Gasteiger partial charge < -0.3 is 4.90 Å². The summed E-state index contributed by atoms with van der Waals surface area (Å²) in [5.74, 6) is -0.0393. The summed E-state index contributed by atoms with van der Waals surface area (Å²) in [5, 5.41) is 8.72.